The molecule has 0 saturated carbocycles. The second-order valence-corrected chi connectivity index (χ2v) is 11.4. The fraction of sp³-hybridized carbons (Fsp3) is 0.152. The molecule has 0 bridgehead atoms. The normalized spacial score (nSPS) is 16.4. The molecule has 2 aromatic heterocycles. The molecule has 0 aliphatic carbocycles. The van der Waals surface area contributed by atoms with Crippen LogP contribution in [0.15, 0.2) is 78.9 Å². The Morgan fingerprint density at radius 1 is 1.09 bits per heavy atom. The summed E-state index contributed by atoms with van der Waals surface area (Å²) in [6.07, 6.45) is -1.54. The third kappa shape index (κ3) is 3.96. The van der Waals surface area contributed by atoms with Crippen molar-refractivity contribution in [1.82, 2.24) is 9.55 Å². The van der Waals surface area contributed by atoms with Crippen molar-refractivity contribution < 1.29 is 19.4 Å². The van der Waals surface area contributed by atoms with Crippen molar-refractivity contribution in [2.45, 2.75) is 12.1 Å². The second-order valence-electron chi connectivity index (χ2n) is 11.1. The number of hydrogen-bond donors (Lipinski definition) is 4. The number of aliphatic hydroxyl groups excluding tert-OH is 1. The van der Waals surface area contributed by atoms with Crippen molar-refractivity contribution >= 4 is 73.2 Å². The van der Waals surface area contributed by atoms with Crippen molar-refractivity contribution in [2.24, 2.45) is 7.05 Å². The third-order valence-electron chi connectivity index (χ3n) is 8.58. The predicted octanol–water partition coefficient (Wildman–Crippen LogP) is 6.82. The number of alkyl halides is 1. The standard InChI is InChI=1S/C33H26ClN5O4/c1-38-25-10-9-20(35-31(40)24-12-17-5-2-3-7-22(17)36-24)11-18(25)13-27(38)32(41)39-16-19(15-34)29-21-6-4-8-23-30(21)28(14-26(29)39)43-33(42)37-23/h2-14,19,32,36,41H,15-16H2,1H3,(H,35,40)(H,37,42)/t19-,32?/m1/s1. The number of nitrogens with one attached hydrogen (secondary N) is 3. The Bertz CT molecular complexity index is 2100. The molecule has 1 unspecified atom stereocenters. The average molecular weight is 592 g/mol. The number of H-pyrrole nitrogens is 1. The molecule has 0 saturated heterocycles. The minimum Gasteiger partial charge on any atom is -0.409 e. The fourth-order valence-electron chi connectivity index (χ4n) is 6.58. The molecule has 4 heterocycles. The first-order valence-corrected chi connectivity index (χ1v) is 14.5. The van der Waals surface area contributed by atoms with Gasteiger partial charge < -0.3 is 29.6 Å². The van der Waals surface area contributed by atoms with E-state index in [1.165, 1.54) is 0 Å². The van der Waals surface area contributed by atoms with Crippen LogP contribution in [-0.2, 0) is 7.05 Å². The molecule has 2 amide bonds. The predicted molar refractivity (Wildman–Crippen MR) is 169 cm³/mol. The van der Waals surface area contributed by atoms with Crippen LogP contribution in [0.5, 0.6) is 5.75 Å². The molecule has 43 heavy (non-hydrogen) atoms. The summed E-state index contributed by atoms with van der Waals surface area (Å²) in [6.45, 7) is 0.498. The average Bonchev–Trinajstić information content (AvgIpc) is 3.70. The summed E-state index contributed by atoms with van der Waals surface area (Å²) >= 11 is 6.47. The van der Waals surface area contributed by atoms with Gasteiger partial charge in [-0.3, -0.25) is 10.1 Å². The van der Waals surface area contributed by atoms with Crippen LogP contribution in [-0.4, -0.2) is 39.1 Å². The van der Waals surface area contributed by atoms with E-state index in [1.807, 2.05) is 95.4 Å². The summed E-state index contributed by atoms with van der Waals surface area (Å²) in [5.74, 6) is 0.557. The number of carbonyl (C=O) groups excluding carboxylic acids is 2. The number of aryl methyl sites for hydroxylation is 1. The van der Waals surface area contributed by atoms with Crippen molar-refractivity contribution in [3.05, 3.63) is 95.8 Å². The largest absolute Gasteiger partial charge is 0.417 e. The van der Waals surface area contributed by atoms with Crippen LogP contribution in [0.1, 0.15) is 33.9 Å². The number of nitrogens with zero attached hydrogens (tertiary/aromatic N) is 2. The number of aliphatic hydroxyl groups is 1. The van der Waals surface area contributed by atoms with Gasteiger partial charge in [0.05, 0.1) is 11.4 Å². The quantitative estimate of drug-likeness (QED) is 0.164. The summed E-state index contributed by atoms with van der Waals surface area (Å²) < 4.78 is 7.51. The number of carbonyl (C=O) groups is 2. The summed E-state index contributed by atoms with van der Waals surface area (Å²) in [5, 5.41) is 21.2. The van der Waals surface area contributed by atoms with E-state index in [4.69, 9.17) is 16.3 Å². The van der Waals surface area contributed by atoms with E-state index in [9.17, 15) is 14.7 Å². The first-order valence-electron chi connectivity index (χ1n) is 14.0. The molecule has 0 radical (unpaired) electrons. The lowest BCUT2D eigenvalue weighted by Crippen LogP contribution is -2.29. The minimum atomic E-state index is -1.00. The van der Waals surface area contributed by atoms with Gasteiger partial charge in [0.15, 0.2) is 6.23 Å². The Hall–Kier alpha value is -4.99. The smallest absolute Gasteiger partial charge is 0.409 e. The molecule has 0 spiro atoms. The molecule has 214 valence electrons. The van der Waals surface area contributed by atoms with Crippen molar-refractivity contribution in [1.29, 1.82) is 0 Å². The van der Waals surface area contributed by atoms with Crippen LogP contribution in [0.4, 0.5) is 21.9 Å². The number of amides is 2. The van der Waals surface area contributed by atoms with Gasteiger partial charge in [0.25, 0.3) is 5.91 Å². The van der Waals surface area contributed by atoms with E-state index >= 15 is 0 Å². The Morgan fingerprint density at radius 2 is 1.95 bits per heavy atom. The molecular weight excluding hydrogens is 566 g/mol. The zero-order valence-electron chi connectivity index (χ0n) is 23.0. The topological polar surface area (TPSA) is 112 Å². The maximum atomic E-state index is 13.0. The van der Waals surface area contributed by atoms with Gasteiger partial charge in [0, 0.05) is 70.0 Å². The minimum absolute atomic E-state index is 0.0330. The number of aromatic amines is 1. The van der Waals surface area contributed by atoms with Crippen molar-refractivity contribution in [2.75, 3.05) is 28.0 Å². The van der Waals surface area contributed by atoms with Gasteiger partial charge in [-0.05, 0) is 53.4 Å². The maximum Gasteiger partial charge on any atom is 0.417 e. The van der Waals surface area contributed by atoms with Gasteiger partial charge in [0.1, 0.15) is 11.4 Å². The van der Waals surface area contributed by atoms with Gasteiger partial charge >= 0.3 is 6.09 Å². The van der Waals surface area contributed by atoms with Gasteiger partial charge in [-0.2, -0.15) is 0 Å². The third-order valence-corrected chi connectivity index (χ3v) is 8.95. The molecule has 0 fully saturated rings. The first kappa shape index (κ1) is 25.7. The highest BCUT2D eigenvalue weighted by Gasteiger charge is 2.37. The Morgan fingerprint density at radius 3 is 2.79 bits per heavy atom. The van der Waals surface area contributed by atoms with E-state index < -0.39 is 12.3 Å². The summed E-state index contributed by atoms with van der Waals surface area (Å²) in [4.78, 5) is 30.3. The van der Waals surface area contributed by atoms with Crippen LogP contribution in [0.25, 0.3) is 32.6 Å². The number of rotatable bonds is 5. The van der Waals surface area contributed by atoms with Crippen LogP contribution in [0.3, 0.4) is 0 Å². The highest BCUT2D eigenvalue weighted by atomic mass is 35.5. The van der Waals surface area contributed by atoms with Gasteiger partial charge in [-0.15, -0.1) is 11.6 Å². The van der Waals surface area contributed by atoms with Gasteiger partial charge in [-0.1, -0.05) is 30.3 Å². The fourth-order valence-corrected chi connectivity index (χ4v) is 6.83. The molecule has 10 heteroatoms. The lowest BCUT2D eigenvalue weighted by molar-refractivity contribution is 0.102. The second kappa shape index (κ2) is 9.52. The summed E-state index contributed by atoms with van der Waals surface area (Å²) in [5.41, 5.74) is 6.11. The maximum absolute atomic E-state index is 13.0. The van der Waals surface area contributed by atoms with E-state index in [0.29, 0.717) is 40.9 Å². The summed E-state index contributed by atoms with van der Waals surface area (Å²) in [6, 6.07) is 24.8. The van der Waals surface area contributed by atoms with Crippen LogP contribution < -0.4 is 20.3 Å². The molecule has 2 aliphatic rings. The number of anilines is 3. The van der Waals surface area contributed by atoms with E-state index in [-0.39, 0.29) is 11.8 Å². The highest BCUT2D eigenvalue weighted by Crippen LogP contribution is 2.50. The monoisotopic (exact) mass is 591 g/mol. The molecule has 2 atom stereocenters. The number of halogens is 1. The lowest BCUT2D eigenvalue weighted by Gasteiger charge is -2.28. The molecule has 2 aliphatic heterocycles. The van der Waals surface area contributed by atoms with Crippen LogP contribution in [0.2, 0.25) is 0 Å². The summed E-state index contributed by atoms with van der Waals surface area (Å²) in [7, 11) is 1.91. The highest BCUT2D eigenvalue weighted by molar-refractivity contribution is 6.19. The molecule has 4 aromatic carbocycles. The first-order chi connectivity index (χ1) is 20.9. The van der Waals surface area contributed by atoms with Crippen LogP contribution in [0, 0.1) is 0 Å². The Balaban J connectivity index is 1.14. The van der Waals surface area contributed by atoms with E-state index in [2.05, 4.69) is 15.6 Å². The molecule has 9 nitrogen and oxygen atoms in total. The van der Waals surface area contributed by atoms with Gasteiger partial charge in [0.2, 0.25) is 0 Å². The SMILES string of the molecule is Cn1c(C(O)N2C[C@@H](CCl)c3c2cc2c4c(cccc34)NC(=O)O2)cc2cc(NC(=O)c3cc4ccccc4[nH]3)ccc21. The number of aromatic nitrogens is 2. The number of ether oxygens (including phenoxy) is 1. The lowest BCUT2D eigenvalue weighted by atomic mass is 9.94. The molecular formula is C33H26ClN5O4. The van der Waals surface area contributed by atoms with Crippen molar-refractivity contribution in [3.8, 4) is 5.75 Å². The van der Waals surface area contributed by atoms with E-state index in [1.54, 1.807) is 0 Å². The van der Waals surface area contributed by atoms with Crippen LogP contribution >= 0.6 is 11.6 Å². The van der Waals surface area contributed by atoms with E-state index in [0.717, 1.165) is 43.8 Å². The number of benzene rings is 4. The zero-order chi connectivity index (χ0) is 29.4. The number of fused-ring (bicyclic) bond motifs is 4. The molecule has 6 aromatic rings. The molecule has 8 rings (SSSR count). The van der Waals surface area contributed by atoms with Gasteiger partial charge in [-0.25, -0.2) is 4.79 Å². The number of para-hydroxylation sites is 1. The van der Waals surface area contributed by atoms with Crippen molar-refractivity contribution in [3.63, 3.8) is 0 Å². The molecule has 4 N–H and O–H groups in total. The Labute approximate surface area is 250 Å². The zero-order valence-corrected chi connectivity index (χ0v) is 23.8. The number of hydrogen-bond acceptors (Lipinski definition) is 5. The Kier molecular flexibility index (Phi) is 5.69.